The van der Waals surface area contributed by atoms with Crippen LogP contribution in [0.2, 0.25) is 0 Å². The largest absolute Gasteiger partial charge is 0.481 e. The van der Waals surface area contributed by atoms with Gasteiger partial charge in [-0.15, -0.1) is 0 Å². The van der Waals surface area contributed by atoms with Gasteiger partial charge in [-0.05, 0) is 5.92 Å². The van der Waals surface area contributed by atoms with E-state index in [1.54, 1.807) is 0 Å². The molecule has 98 valence electrons. The summed E-state index contributed by atoms with van der Waals surface area (Å²) in [5, 5.41) is 19.4. The van der Waals surface area contributed by atoms with Gasteiger partial charge in [-0.3, -0.25) is 4.79 Å². The highest BCUT2D eigenvalue weighted by Crippen LogP contribution is 1.99. The Bertz CT molecular complexity index is 303. The highest BCUT2D eigenvalue weighted by Gasteiger charge is 2.24. The van der Waals surface area contributed by atoms with Crippen molar-refractivity contribution in [2.45, 2.75) is 26.3 Å². The molecule has 0 aromatic rings. The van der Waals surface area contributed by atoms with E-state index in [-0.39, 0.29) is 5.92 Å². The number of amides is 2. The SMILES string of the molecule is CC(C)CN(C)C(=O)N[C@H](CC(=O)O)C(=O)O. The topological polar surface area (TPSA) is 107 Å². The van der Waals surface area contributed by atoms with E-state index in [0.29, 0.717) is 6.54 Å². The van der Waals surface area contributed by atoms with Gasteiger partial charge in [0.2, 0.25) is 0 Å². The summed E-state index contributed by atoms with van der Waals surface area (Å²) in [4.78, 5) is 34.0. The van der Waals surface area contributed by atoms with Gasteiger partial charge in [0.25, 0.3) is 0 Å². The van der Waals surface area contributed by atoms with Crippen LogP contribution >= 0.6 is 0 Å². The second-order valence-corrected chi connectivity index (χ2v) is 4.21. The zero-order valence-electron chi connectivity index (χ0n) is 10.1. The molecular weight excluding hydrogens is 228 g/mol. The summed E-state index contributed by atoms with van der Waals surface area (Å²) in [6, 6.07) is -2.00. The Labute approximate surface area is 99.4 Å². The molecule has 0 aliphatic rings. The Kier molecular flexibility index (Phi) is 6.01. The van der Waals surface area contributed by atoms with E-state index >= 15 is 0 Å². The van der Waals surface area contributed by atoms with E-state index in [9.17, 15) is 14.4 Å². The number of nitrogens with zero attached hydrogens (tertiary/aromatic N) is 1. The van der Waals surface area contributed by atoms with Crippen molar-refractivity contribution in [2.24, 2.45) is 5.92 Å². The number of carboxylic acid groups (broad SMARTS) is 2. The van der Waals surface area contributed by atoms with E-state index in [0.717, 1.165) is 0 Å². The van der Waals surface area contributed by atoms with Gasteiger partial charge in [0.1, 0.15) is 6.04 Å². The molecule has 0 fully saturated rings. The number of rotatable bonds is 6. The molecular formula is C10H18N2O5. The van der Waals surface area contributed by atoms with Gasteiger partial charge in [0.15, 0.2) is 0 Å². The number of carbonyl (C=O) groups is 3. The van der Waals surface area contributed by atoms with Gasteiger partial charge >= 0.3 is 18.0 Å². The molecule has 0 aromatic heterocycles. The summed E-state index contributed by atoms with van der Waals surface area (Å²) in [5.41, 5.74) is 0. The normalized spacial score (nSPS) is 12.0. The van der Waals surface area contributed by atoms with Crippen molar-refractivity contribution in [3.05, 3.63) is 0 Å². The van der Waals surface area contributed by atoms with E-state index in [2.05, 4.69) is 5.32 Å². The average Bonchev–Trinajstić information content (AvgIpc) is 2.14. The molecule has 3 N–H and O–H groups in total. The van der Waals surface area contributed by atoms with Gasteiger partial charge < -0.3 is 20.4 Å². The molecule has 2 amide bonds. The second-order valence-electron chi connectivity index (χ2n) is 4.21. The van der Waals surface area contributed by atoms with Crippen LogP contribution in [0.25, 0.3) is 0 Å². The first-order valence-corrected chi connectivity index (χ1v) is 5.20. The van der Waals surface area contributed by atoms with Crippen molar-refractivity contribution in [1.82, 2.24) is 10.2 Å². The highest BCUT2D eigenvalue weighted by molar-refractivity contribution is 5.86. The maximum atomic E-state index is 11.5. The van der Waals surface area contributed by atoms with Crippen molar-refractivity contribution >= 4 is 18.0 Å². The molecule has 1 atom stereocenters. The van der Waals surface area contributed by atoms with Crippen LogP contribution in [0.15, 0.2) is 0 Å². The van der Waals surface area contributed by atoms with Crippen LogP contribution in [0.1, 0.15) is 20.3 Å². The lowest BCUT2D eigenvalue weighted by Gasteiger charge is -2.22. The summed E-state index contributed by atoms with van der Waals surface area (Å²) in [7, 11) is 1.52. The lowest BCUT2D eigenvalue weighted by molar-refractivity contribution is -0.145. The first-order valence-electron chi connectivity index (χ1n) is 5.20. The smallest absolute Gasteiger partial charge is 0.326 e. The first-order chi connectivity index (χ1) is 7.73. The summed E-state index contributed by atoms with van der Waals surface area (Å²) < 4.78 is 0. The molecule has 0 bridgehead atoms. The van der Waals surface area contributed by atoms with Crippen LogP contribution in [-0.4, -0.2) is 52.7 Å². The Hall–Kier alpha value is -1.79. The number of aliphatic carboxylic acids is 2. The number of urea groups is 1. The second kappa shape index (κ2) is 6.72. The van der Waals surface area contributed by atoms with Crippen molar-refractivity contribution in [1.29, 1.82) is 0 Å². The zero-order valence-corrected chi connectivity index (χ0v) is 10.1. The maximum absolute atomic E-state index is 11.5. The average molecular weight is 246 g/mol. The molecule has 0 aliphatic heterocycles. The minimum absolute atomic E-state index is 0.244. The van der Waals surface area contributed by atoms with Crippen molar-refractivity contribution in [3.63, 3.8) is 0 Å². The lowest BCUT2D eigenvalue weighted by Crippen LogP contribution is -2.48. The minimum atomic E-state index is -1.41. The quantitative estimate of drug-likeness (QED) is 0.621. The Morgan fingerprint density at radius 2 is 1.76 bits per heavy atom. The number of hydrogen-bond donors (Lipinski definition) is 3. The van der Waals surface area contributed by atoms with Gasteiger partial charge in [-0.25, -0.2) is 9.59 Å². The Morgan fingerprint density at radius 3 is 2.12 bits per heavy atom. The van der Waals surface area contributed by atoms with Crippen LogP contribution in [0.5, 0.6) is 0 Å². The van der Waals surface area contributed by atoms with E-state index in [4.69, 9.17) is 10.2 Å². The van der Waals surface area contributed by atoms with Crippen molar-refractivity contribution in [3.8, 4) is 0 Å². The zero-order chi connectivity index (χ0) is 13.6. The number of carbonyl (C=O) groups excluding carboxylic acids is 1. The summed E-state index contributed by atoms with van der Waals surface area (Å²) in [5.74, 6) is -2.39. The third-order valence-corrected chi connectivity index (χ3v) is 1.96. The van der Waals surface area contributed by atoms with Crippen LogP contribution in [0.4, 0.5) is 4.79 Å². The predicted molar refractivity (Wildman–Crippen MR) is 59.7 cm³/mol. The third-order valence-electron chi connectivity index (χ3n) is 1.96. The molecule has 7 heteroatoms. The molecule has 0 aromatic carbocycles. The monoisotopic (exact) mass is 246 g/mol. The van der Waals surface area contributed by atoms with Crippen molar-refractivity contribution < 1.29 is 24.6 Å². The summed E-state index contributed by atoms with van der Waals surface area (Å²) in [6.07, 6.45) is -0.642. The molecule has 0 aliphatic carbocycles. The standard InChI is InChI=1S/C10H18N2O5/c1-6(2)5-12(3)10(17)11-7(9(15)16)4-8(13)14/h6-7H,4-5H2,1-3H3,(H,11,17)(H,13,14)(H,15,16)/t7-/m1/s1. The molecule has 0 saturated heterocycles. The Morgan fingerprint density at radius 1 is 1.24 bits per heavy atom. The predicted octanol–water partition coefficient (Wildman–Crippen LogP) is 0.212. The van der Waals surface area contributed by atoms with Crippen LogP contribution in [-0.2, 0) is 9.59 Å². The summed E-state index contributed by atoms with van der Waals surface area (Å²) >= 11 is 0. The molecule has 0 heterocycles. The fourth-order valence-corrected chi connectivity index (χ4v) is 1.26. The van der Waals surface area contributed by atoms with Gasteiger partial charge in [0, 0.05) is 13.6 Å². The van der Waals surface area contributed by atoms with Crippen LogP contribution < -0.4 is 5.32 Å². The number of hydrogen-bond acceptors (Lipinski definition) is 3. The third kappa shape index (κ3) is 6.39. The molecule has 17 heavy (non-hydrogen) atoms. The fourth-order valence-electron chi connectivity index (χ4n) is 1.26. The number of nitrogens with one attached hydrogen (secondary N) is 1. The van der Waals surface area contributed by atoms with Crippen molar-refractivity contribution in [2.75, 3.05) is 13.6 Å². The maximum Gasteiger partial charge on any atom is 0.326 e. The lowest BCUT2D eigenvalue weighted by atomic mass is 10.2. The molecule has 0 saturated carbocycles. The van der Waals surface area contributed by atoms with E-state index < -0.39 is 30.4 Å². The van der Waals surface area contributed by atoms with Gasteiger partial charge in [0.05, 0.1) is 6.42 Å². The molecule has 0 rings (SSSR count). The fraction of sp³-hybridized carbons (Fsp3) is 0.700. The van der Waals surface area contributed by atoms with Crippen LogP contribution in [0.3, 0.4) is 0 Å². The Balaban J connectivity index is 4.39. The minimum Gasteiger partial charge on any atom is -0.481 e. The molecule has 0 radical (unpaired) electrons. The van der Waals surface area contributed by atoms with Crippen LogP contribution in [0, 0.1) is 5.92 Å². The van der Waals surface area contributed by atoms with Gasteiger partial charge in [-0.2, -0.15) is 0 Å². The van der Waals surface area contributed by atoms with Gasteiger partial charge in [-0.1, -0.05) is 13.8 Å². The first kappa shape index (κ1) is 15.2. The number of carboxylic acids is 2. The highest BCUT2D eigenvalue weighted by atomic mass is 16.4. The van der Waals surface area contributed by atoms with E-state index in [1.807, 2.05) is 13.8 Å². The van der Waals surface area contributed by atoms with E-state index in [1.165, 1.54) is 11.9 Å². The summed E-state index contributed by atoms with van der Waals surface area (Å²) in [6.45, 7) is 4.29. The molecule has 7 nitrogen and oxygen atoms in total. The molecule has 0 spiro atoms. The molecule has 0 unspecified atom stereocenters.